The summed E-state index contributed by atoms with van der Waals surface area (Å²) in [6.07, 6.45) is 12.9. The Morgan fingerprint density at radius 2 is 1.13 bits per heavy atom. The molecule has 0 saturated carbocycles. The van der Waals surface area contributed by atoms with Crippen LogP contribution in [0.3, 0.4) is 0 Å². The average Bonchev–Trinajstić information content (AvgIpc) is 2.50. The molecule has 0 aliphatic heterocycles. The van der Waals surface area contributed by atoms with E-state index < -0.39 is 11.9 Å². The molecule has 0 spiro atoms. The minimum Gasteiger partial charge on any atom is -0.481 e. The van der Waals surface area contributed by atoms with Gasteiger partial charge in [0.05, 0.1) is 6.07 Å². The SMILES string of the molecule is CCCCCCCCC(=O)O.N#CCCCCCCCC(=O)O. The molecule has 0 aromatic heterocycles. The van der Waals surface area contributed by atoms with Gasteiger partial charge < -0.3 is 10.2 Å². The zero-order chi connectivity index (χ0) is 17.8. The third-order valence-corrected chi connectivity index (χ3v) is 3.42. The normalized spacial score (nSPS) is 9.57. The predicted octanol–water partition coefficient (Wildman–Crippen LogP) is 5.15. The lowest BCUT2D eigenvalue weighted by molar-refractivity contribution is -0.138. The van der Waals surface area contributed by atoms with Crippen LogP contribution in [0.15, 0.2) is 0 Å². The Morgan fingerprint density at radius 3 is 1.52 bits per heavy atom. The summed E-state index contributed by atoms with van der Waals surface area (Å²) >= 11 is 0. The lowest BCUT2D eigenvalue weighted by atomic mass is 10.1. The molecule has 0 radical (unpaired) electrons. The number of carboxylic acid groups (broad SMARTS) is 2. The molecule has 0 rings (SSSR count). The van der Waals surface area contributed by atoms with E-state index in [2.05, 4.69) is 13.0 Å². The Kier molecular flexibility index (Phi) is 21.0. The van der Waals surface area contributed by atoms with E-state index in [0.717, 1.165) is 44.9 Å². The monoisotopic (exact) mass is 327 g/mol. The molecule has 0 fully saturated rings. The summed E-state index contributed by atoms with van der Waals surface area (Å²) in [5, 5.41) is 24.8. The highest BCUT2D eigenvalue weighted by molar-refractivity contribution is 5.66. The van der Waals surface area contributed by atoms with Gasteiger partial charge in [-0.25, -0.2) is 0 Å². The number of nitrogens with zero attached hydrogens (tertiary/aromatic N) is 1. The molecule has 5 nitrogen and oxygen atoms in total. The molecule has 0 aromatic rings. The summed E-state index contributed by atoms with van der Waals surface area (Å²) in [5.41, 5.74) is 0. The van der Waals surface area contributed by atoms with E-state index in [-0.39, 0.29) is 6.42 Å². The molecule has 2 N–H and O–H groups in total. The molecule has 0 amide bonds. The molecule has 0 atom stereocenters. The third-order valence-electron chi connectivity index (χ3n) is 3.42. The highest BCUT2D eigenvalue weighted by atomic mass is 16.4. The minimum atomic E-state index is -0.716. The summed E-state index contributed by atoms with van der Waals surface area (Å²) in [6, 6.07) is 2.08. The molecule has 0 aliphatic carbocycles. The highest BCUT2D eigenvalue weighted by Crippen LogP contribution is 2.07. The first-order chi connectivity index (χ1) is 11.0. The second-order valence-electron chi connectivity index (χ2n) is 5.73. The Labute approximate surface area is 140 Å². The van der Waals surface area contributed by atoms with Gasteiger partial charge in [0.15, 0.2) is 0 Å². The van der Waals surface area contributed by atoms with Crippen molar-refractivity contribution in [2.24, 2.45) is 0 Å². The van der Waals surface area contributed by atoms with Crippen molar-refractivity contribution in [3.63, 3.8) is 0 Å². The quantitative estimate of drug-likeness (QED) is 0.430. The van der Waals surface area contributed by atoms with Gasteiger partial charge in [0.1, 0.15) is 0 Å². The Morgan fingerprint density at radius 1 is 0.739 bits per heavy atom. The van der Waals surface area contributed by atoms with E-state index in [9.17, 15) is 9.59 Å². The molecule has 5 heteroatoms. The average molecular weight is 327 g/mol. The molecule has 0 aliphatic rings. The summed E-state index contributed by atoms with van der Waals surface area (Å²) < 4.78 is 0. The van der Waals surface area contributed by atoms with Gasteiger partial charge in [0.2, 0.25) is 0 Å². The van der Waals surface area contributed by atoms with Crippen molar-refractivity contribution in [1.29, 1.82) is 5.26 Å². The highest BCUT2D eigenvalue weighted by Gasteiger charge is 1.96. The molecular formula is C18H33NO4. The van der Waals surface area contributed by atoms with Crippen molar-refractivity contribution in [2.75, 3.05) is 0 Å². The van der Waals surface area contributed by atoms with Crippen molar-refractivity contribution >= 4 is 11.9 Å². The van der Waals surface area contributed by atoms with Gasteiger partial charge in [-0.05, 0) is 19.3 Å². The van der Waals surface area contributed by atoms with Crippen molar-refractivity contribution < 1.29 is 19.8 Å². The standard InChI is InChI=1S/C9H15NO2.C9H18O2/c10-8-6-4-2-1-3-5-7-9(11)12;1-2-3-4-5-6-7-8-9(10)11/h1-7H2,(H,11,12);2-8H2,1H3,(H,10,11). The van der Waals surface area contributed by atoms with Crippen LogP contribution in [0.5, 0.6) is 0 Å². The van der Waals surface area contributed by atoms with Gasteiger partial charge in [-0.1, -0.05) is 58.3 Å². The zero-order valence-electron chi connectivity index (χ0n) is 14.6. The van der Waals surface area contributed by atoms with Crippen LogP contribution in [-0.4, -0.2) is 22.2 Å². The summed E-state index contributed by atoms with van der Waals surface area (Å²) in [7, 11) is 0. The van der Waals surface area contributed by atoms with Crippen molar-refractivity contribution in [1.82, 2.24) is 0 Å². The lowest BCUT2D eigenvalue weighted by Crippen LogP contribution is -1.93. The number of carbonyl (C=O) groups is 2. The molecule has 0 aromatic carbocycles. The first-order valence-corrected chi connectivity index (χ1v) is 8.85. The maximum absolute atomic E-state index is 10.1. The second kappa shape index (κ2) is 20.4. The van der Waals surface area contributed by atoms with E-state index in [1.54, 1.807) is 0 Å². The lowest BCUT2D eigenvalue weighted by Gasteiger charge is -1.97. The summed E-state index contributed by atoms with van der Waals surface area (Å²) in [5.74, 6) is -1.38. The van der Waals surface area contributed by atoms with Crippen LogP contribution >= 0.6 is 0 Å². The van der Waals surface area contributed by atoms with Crippen LogP contribution in [0, 0.1) is 11.3 Å². The van der Waals surface area contributed by atoms with Crippen LogP contribution in [-0.2, 0) is 9.59 Å². The van der Waals surface area contributed by atoms with Crippen LogP contribution in [0.4, 0.5) is 0 Å². The van der Waals surface area contributed by atoms with E-state index in [1.165, 1.54) is 25.7 Å². The maximum Gasteiger partial charge on any atom is 0.303 e. The van der Waals surface area contributed by atoms with E-state index in [4.69, 9.17) is 15.5 Å². The van der Waals surface area contributed by atoms with Gasteiger partial charge in [0.25, 0.3) is 0 Å². The number of hydrogen-bond acceptors (Lipinski definition) is 3. The fourth-order valence-electron chi connectivity index (χ4n) is 2.07. The topological polar surface area (TPSA) is 98.4 Å². The number of carboxylic acids is 2. The molecule has 0 bridgehead atoms. The summed E-state index contributed by atoms with van der Waals surface area (Å²) in [4.78, 5) is 20.2. The van der Waals surface area contributed by atoms with E-state index in [1.807, 2.05) is 0 Å². The Balaban J connectivity index is 0. The largest absolute Gasteiger partial charge is 0.481 e. The van der Waals surface area contributed by atoms with E-state index in [0.29, 0.717) is 12.8 Å². The fourth-order valence-corrected chi connectivity index (χ4v) is 2.07. The van der Waals surface area contributed by atoms with Crippen molar-refractivity contribution in [2.45, 2.75) is 96.8 Å². The molecule has 0 unspecified atom stereocenters. The van der Waals surface area contributed by atoms with Crippen LogP contribution in [0.1, 0.15) is 96.8 Å². The number of nitriles is 1. The molecule has 23 heavy (non-hydrogen) atoms. The van der Waals surface area contributed by atoms with Crippen LogP contribution in [0.25, 0.3) is 0 Å². The number of aliphatic carboxylic acids is 2. The van der Waals surface area contributed by atoms with Gasteiger partial charge in [0, 0.05) is 19.3 Å². The smallest absolute Gasteiger partial charge is 0.303 e. The van der Waals surface area contributed by atoms with E-state index >= 15 is 0 Å². The molecule has 0 saturated heterocycles. The molecule has 0 heterocycles. The van der Waals surface area contributed by atoms with Gasteiger partial charge in [-0.2, -0.15) is 5.26 Å². The van der Waals surface area contributed by atoms with Gasteiger partial charge in [-0.3, -0.25) is 9.59 Å². The number of rotatable bonds is 14. The van der Waals surface area contributed by atoms with Gasteiger partial charge in [-0.15, -0.1) is 0 Å². The summed E-state index contributed by atoms with van der Waals surface area (Å²) in [6.45, 7) is 2.18. The minimum absolute atomic E-state index is 0.276. The molecule has 134 valence electrons. The number of hydrogen-bond donors (Lipinski definition) is 2. The Hall–Kier alpha value is -1.57. The van der Waals surface area contributed by atoms with Crippen LogP contribution in [0.2, 0.25) is 0 Å². The first kappa shape index (κ1) is 23.7. The first-order valence-electron chi connectivity index (χ1n) is 8.85. The van der Waals surface area contributed by atoms with Crippen molar-refractivity contribution in [3.8, 4) is 6.07 Å². The van der Waals surface area contributed by atoms with Crippen molar-refractivity contribution in [3.05, 3.63) is 0 Å². The van der Waals surface area contributed by atoms with Gasteiger partial charge >= 0.3 is 11.9 Å². The maximum atomic E-state index is 10.1. The zero-order valence-corrected chi connectivity index (χ0v) is 14.6. The fraction of sp³-hybridized carbons (Fsp3) is 0.833. The number of unbranched alkanes of at least 4 members (excludes halogenated alkanes) is 10. The third kappa shape index (κ3) is 29.1. The Bertz CT molecular complexity index is 323. The second-order valence-corrected chi connectivity index (χ2v) is 5.73. The predicted molar refractivity (Wildman–Crippen MR) is 91.2 cm³/mol. The molecular weight excluding hydrogens is 294 g/mol. The van der Waals surface area contributed by atoms with Crippen LogP contribution < -0.4 is 0 Å².